The van der Waals surface area contributed by atoms with E-state index in [9.17, 15) is 13.2 Å². The van der Waals surface area contributed by atoms with E-state index in [4.69, 9.17) is 16.0 Å². The molecule has 6 rings (SSSR count). The zero-order valence-electron chi connectivity index (χ0n) is 19.3. The lowest BCUT2D eigenvalue weighted by atomic mass is 10.0. The van der Waals surface area contributed by atoms with Gasteiger partial charge in [0.25, 0.3) is 5.91 Å². The molecule has 1 aliphatic heterocycles. The third kappa shape index (κ3) is 4.00. The minimum absolute atomic E-state index is 0.128. The number of nitrogens with one attached hydrogen (secondary N) is 1. The summed E-state index contributed by atoms with van der Waals surface area (Å²) in [5, 5.41) is 2.64. The number of furan rings is 1. The number of hydrogen-bond acceptors (Lipinski definition) is 5. The summed E-state index contributed by atoms with van der Waals surface area (Å²) in [6, 6.07) is 21.0. The Labute approximate surface area is 214 Å². The molecule has 0 radical (unpaired) electrons. The molecule has 36 heavy (non-hydrogen) atoms. The maximum Gasteiger partial charge on any atom is 0.289 e. The van der Waals surface area contributed by atoms with Gasteiger partial charge in [0.1, 0.15) is 0 Å². The summed E-state index contributed by atoms with van der Waals surface area (Å²) < 4.78 is 35.2. The highest BCUT2D eigenvalue weighted by Crippen LogP contribution is 2.47. The maximum absolute atomic E-state index is 13.4. The molecule has 2 heterocycles. The number of sulfonamides is 1. The Kier molecular flexibility index (Phi) is 5.84. The van der Waals surface area contributed by atoms with Crippen LogP contribution in [-0.2, 0) is 10.0 Å². The number of piperazine rings is 1. The maximum atomic E-state index is 13.4. The van der Waals surface area contributed by atoms with Crippen LogP contribution in [0.2, 0.25) is 5.02 Å². The average Bonchev–Trinajstić information content (AvgIpc) is 3.53. The van der Waals surface area contributed by atoms with E-state index in [1.165, 1.54) is 18.4 Å². The summed E-state index contributed by atoms with van der Waals surface area (Å²) in [6.07, 6.45) is 1.50. The van der Waals surface area contributed by atoms with E-state index in [1.54, 1.807) is 29.2 Å². The number of benzene rings is 3. The Balaban J connectivity index is 1.32. The van der Waals surface area contributed by atoms with Gasteiger partial charge in [0.05, 0.1) is 23.2 Å². The van der Waals surface area contributed by atoms with Crippen molar-refractivity contribution in [1.29, 1.82) is 0 Å². The van der Waals surface area contributed by atoms with Crippen LogP contribution >= 0.6 is 11.6 Å². The molecule has 1 saturated heterocycles. The van der Waals surface area contributed by atoms with Crippen LogP contribution in [0.25, 0.3) is 10.8 Å². The van der Waals surface area contributed by atoms with Gasteiger partial charge in [-0.15, -0.1) is 0 Å². The van der Waals surface area contributed by atoms with Crippen LogP contribution in [0.15, 0.2) is 88.4 Å². The number of rotatable bonds is 5. The van der Waals surface area contributed by atoms with E-state index in [-0.39, 0.29) is 16.8 Å². The predicted octanol–water partition coefficient (Wildman–Crippen LogP) is 4.62. The van der Waals surface area contributed by atoms with Gasteiger partial charge in [0.15, 0.2) is 5.76 Å². The summed E-state index contributed by atoms with van der Waals surface area (Å²) in [6.45, 7) is 2.28. The van der Waals surface area contributed by atoms with Gasteiger partial charge in [-0.2, -0.15) is 0 Å². The van der Waals surface area contributed by atoms with Crippen molar-refractivity contribution in [3.05, 3.63) is 101 Å². The fraction of sp³-hybridized carbons (Fsp3) is 0.222. The minimum atomic E-state index is -3.81. The summed E-state index contributed by atoms with van der Waals surface area (Å²) in [4.78, 5) is 17.0. The first-order valence-corrected chi connectivity index (χ1v) is 13.6. The molecule has 0 unspecified atom stereocenters. The average molecular weight is 522 g/mol. The molecular weight excluding hydrogens is 498 g/mol. The first-order chi connectivity index (χ1) is 17.4. The molecule has 0 saturated carbocycles. The van der Waals surface area contributed by atoms with Crippen molar-refractivity contribution in [2.45, 2.75) is 17.0 Å². The Bertz CT molecular complexity index is 1520. The summed E-state index contributed by atoms with van der Waals surface area (Å²) in [7, 11) is -3.81. The van der Waals surface area contributed by atoms with E-state index in [0.29, 0.717) is 37.0 Å². The number of halogens is 1. The van der Waals surface area contributed by atoms with Gasteiger partial charge in [-0.3, -0.25) is 9.69 Å². The molecule has 1 N–H and O–H groups in total. The first kappa shape index (κ1) is 23.2. The molecule has 0 bridgehead atoms. The molecule has 1 aliphatic carbocycles. The van der Waals surface area contributed by atoms with Gasteiger partial charge in [-0.1, -0.05) is 48.0 Å². The first-order valence-electron chi connectivity index (χ1n) is 11.8. The third-order valence-corrected chi connectivity index (χ3v) is 8.78. The molecule has 184 valence electrons. The Morgan fingerprint density at radius 2 is 1.58 bits per heavy atom. The second-order valence-electron chi connectivity index (χ2n) is 9.10. The molecule has 1 amide bonds. The van der Waals surface area contributed by atoms with Gasteiger partial charge in [-0.05, 0) is 58.3 Å². The standard InChI is InChI=1S/C27H24ClN3O4S/c28-19-9-11-20(12-10-19)36(33,34)29-25-21-6-1-4-18-5-2-7-22(24(18)21)26(25)30-13-15-31(16-14-30)27(32)23-8-3-17-35-23/h1-12,17,25-26,29H,13-16H2/t25-,26+/m0/s1. The van der Waals surface area contributed by atoms with Crippen LogP contribution in [0.3, 0.4) is 0 Å². The normalized spacial score (nSPS) is 20.2. The lowest BCUT2D eigenvalue weighted by Crippen LogP contribution is -2.51. The van der Waals surface area contributed by atoms with E-state index >= 15 is 0 Å². The molecule has 4 aromatic rings. The number of carbonyl (C=O) groups is 1. The van der Waals surface area contributed by atoms with Crippen LogP contribution in [0.4, 0.5) is 0 Å². The second-order valence-corrected chi connectivity index (χ2v) is 11.2. The molecule has 0 spiro atoms. The molecule has 1 fully saturated rings. The van der Waals surface area contributed by atoms with Crippen molar-refractivity contribution in [3.63, 3.8) is 0 Å². The zero-order valence-corrected chi connectivity index (χ0v) is 20.9. The van der Waals surface area contributed by atoms with Crippen molar-refractivity contribution in [2.75, 3.05) is 26.2 Å². The number of nitrogens with zero attached hydrogens (tertiary/aromatic N) is 2. The second kappa shape index (κ2) is 9.05. The smallest absolute Gasteiger partial charge is 0.289 e. The SMILES string of the molecule is O=C(c1ccco1)N1CCN([C@@H]2c3cccc4cccc(c34)[C@@H]2NS(=O)(=O)c2ccc(Cl)cc2)CC1. The molecule has 3 aromatic carbocycles. The Hall–Kier alpha value is -3.17. The van der Waals surface area contributed by atoms with Crippen molar-refractivity contribution in [2.24, 2.45) is 0 Å². The Morgan fingerprint density at radius 3 is 2.25 bits per heavy atom. The van der Waals surface area contributed by atoms with Crippen LogP contribution in [-0.4, -0.2) is 50.3 Å². The highest BCUT2D eigenvalue weighted by atomic mass is 35.5. The quantitative estimate of drug-likeness (QED) is 0.414. The monoisotopic (exact) mass is 521 g/mol. The summed E-state index contributed by atoms with van der Waals surface area (Å²) >= 11 is 5.98. The molecule has 9 heteroatoms. The molecule has 2 aliphatic rings. The van der Waals surface area contributed by atoms with Crippen molar-refractivity contribution in [1.82, 2.24) is 14.5 Å². The minimum Gasteiger partial charge on any atom is -0.459 e. The van der Waals surface area contributed by atoms with Gasteiger partial charge in [-0.25, -0.2) is 13.1 Å². The summed E-state index contributed by atoms with van der Waals surface area (Å²) in [5.41, 5.74) is 2.05. The lowest BCUT2D eigenvalue weighted by molar-refractivity contribution is 0.0512. The van der Waals surface area contributed by atoms with Gasteiger partial charge in [0, 0.05) is 31.2 Å². The summed E-state index contributed by atoms with van der Waals surface area (Å²) in [5.74, 6) is 0.201. The number of amides is 1. The van der Waals surface area contributed by atoms with Crippen LogP contribution in [0.1, 0.15) is 33.8 Å². The molecule has 1 aromatic heterocycles. The number of hydrogen-bond donors (Lipinski definition) is 1. The predicted molar refractivity (Wildman–Crippen MR) is 137 cm³/mol. The van der Waals surface area contributed by atoms with Crippen LogP contribution in [0.5, 0.6) is 0 Å². The van der Waals surface area contributed by atoms with Crippen molar-refractivity contribution in [3.8, 4) is 0 Å². The van der Waals surface area contributed by atoms with E-state index < -0.39 is 16.1 Å². The highest BCUT2D eigenvalue weighted by molar-refractivity contribution is 7.89. The van der Waals surface area contributed by atoms with Gasteiger partial charge >= 0.3 is 0 Å². The van der Waals surface area contributed by atoms with E-state index in [2.05, 4.69) is 27.8 Å². The Morgan fingerprint density at radius 1 is 0.889 bits per heavy atom. The van der Waals surface area contributed by atoms with Crippen molar-refractivity contribution < 1.29 is 17.6 Å². The molecule has 2 atom stereocenters. The molecular formula is C27H24ClN3O4S. The van der Waals surface area contributed by atoms with Crippen molar-refractivity contribution >= 4 is 38.3 Å². The topological polar surface area (TPSA) is 82.9 Å². The highest BCUT2D eigenvalue weighted by Gasteiger charge is 2.41. The third-order valence-electron chi connectivity index (χ3n) is 7.07. The van der Waals surface area contributed by atoms with Crippen LogP contribution in [0, 0.1) is 0 Å². The number of carbonyl (C=O) groups excluding carboxylic acids is 1. The van der Waals surface area contributed by atoms with Gasteiger partial charge in [0.2, 0.25) is 10.0 Å². The van der Waals surface area contributed by atoms with E-state index in [1.807, 2.05) is 18.2 Å². The lowest BCUT2D eigenvalue weighted by Gasteiger charge is -2.40. The van der Waals surface area contributed by atoms with Gasteiger partial charge < -0.3 is 9.32 Å². The largest absolute Gasteiger partial charge is 0.459 e. The fourth-order valence-corrected chi connectivity index (χ4v) is 6.75. The molecule has 7 nitrogen and oxygen atoms in total. The van der Waals surface area contributed by atoms with Crippen LogP contribution < -0.4 is 4.72 Å². The zero-order chi connectivity index (χ0) is 24.9. The van der Waals surface area contributed by atoms with E-state index in [0.717, 1.165) is 21.9 Å². The fourth-order valence-electron chi connectivity index (χ4n) is 5.40.